The molecule has 1 aliphatic heterocycles. The molecule has 29 heavy (non-hydrogen) atoms. The van der Waals surface area contributed by atoms with Crippen molar-refractivity contribution in [2.75, 3.05) is 13.1 Å². The zero-order valence-corrected chi connectivity index (χ0v) is 16.6. The summed E-state index contributed by atoms with van der Waals surface area (Å²) in [6.07, 6.45) is 2.44. The van der Waals surface area contributed by atoms with Crippen LogP contribution in [0.3, 0.4) is 0 Å². The van der Waals surface area contributed by atoms with Crippen molar-refractivity contribution in [1.82, 2.24) is 4.90 Å². The van der Waals surface area contributed by atoms with E-state index < -0.39 is 0 Å². The topological polar surface area (TPSA) is 40.5 Å². The lowest BCUT2D eigenvalue weighted by Gasteiger charge is -2.33. The van der Waals surface area contributed by atoms with Crippen molar-refractivity contribution in [3.63, 3.8) is 0 Å². The van der Waals surface area contributed by atoms with Crippen molar-refractivity contribution in [2.24, 2.45) is 0 Å². The molecule has 1 fully saturated rings. The Balaban J connectivity index is 1.43. The maximum Gasteiger partial charge on any atom is 0.223 e. The van der Waals surface area contributed by atoms with Gasteiger partial charge >= 0.3 is 0 Å². The summed E-state index contributed by atoms with van der Waals surface area (Å²) in [5.41, 5.74) is 3.62. The SMILES string of the molecule is O=C(CC(c1ccccc1)c1ccccc1)N1CCC(c2ccc(O)cc2)CC1. The van der Waals surface area contributed by atoms with E-state index in [2.05, 4.69) is 24.3 Å². The number of benzene rings is 3. The Morgan fingerprint density at radius 3 is 1.86 bits per heavy atom. The molecule has 3 aromatic carbocycles. The van der Waals surface area contributed by atoms with Gasteiger partial charge in [0, 0.05) is 25.4 Å². The maximum absolute atomic E-state index is 13.1. The highest BCUT2D eigenvalue weighted by molar-refractivity contribution is 5.78. The molecule has 3 heteroatoms. The van der Waals surface area contributed by atoms with E-state index >= 15 is 0 Å². The molecule has 148 valence electrons. The van der Waals surface area contributed by atoms with Gasteiger partial charge in [-0.15, -0.1) is 0 Å². The molecule has 0 bridgehead atoms. The van der Waals surface area contributed by atoms with Gasteiger partial charge < -0.3 is 10.0 Å². The third-order valence-corrected chi connectivity index (χ3v) is 5.99. The number of rotatable bonds is 5. The summed E-state index contributed by atoms with van der Waals surface area (Å²) >= 11 is 0. The van der Waals surface area contributed by atoms with Crippen LogP contribution in [0, 0.1) is 0 Å². The fourth-order valence-corrected chi connectivity index (χ4v) is 4.31. The number of phenols is 1. The lowest BCUT2D eigenvalue weighted by molar-refractivity contribution is -0.132. The van der Waals surface area contributed by atoms with E-state index in [0.29, 0.717) is 18.1 Å². The Labute approximate surface area is 172 Å². The van der Waals surface area contributed by atoms with E-state index in [1.807, 2.05) is 53.4 Å². The lowest BCUT2D eigenvalue weighted by Crippen LogP contribution is -2.38. The van der Waals surface area contributed by atoms with Crippen LogP contribution in [0.5, 0.6) is 5.75 Å². The van der Waals surface area contributed by atoms with Crippen molar-refractivity contribution in [2.45, 2.75) is 31.1 Å². The van der Waals surface area contributed by atoms with Gasteiger partial charge in [-0.2, -0.15) is 0 Å². The number of amides is 1. The first-order chi connectivity index (χ1) is 14.2. The molecule has 1 saturated heterocycles. The summed E-state index contributed by atoms with van der Waals surface area (Å²) in [5.74, 6) is 1.07. The molecule has 0 aliphatic carbocycles. The van der Waals surface area contributed by atoms with Crippen LogP contribution in [0.2, 0.25) is 0 Å². The van der Waals surface area contributed by atoms with Crippen LogP contribution in [0.4, 0.5) is 0 Å². The Kier molecular flexibility index (Phi) is 5.95. The number of carbonyl (C=O) groups is 1. The largest absolute Gasteiger partial charge is 0.508 e. The predicted octanol–water partition coefficient (Wildman–Crippen LogP) is 5.32. The second-order valence-corrected chi connectivity index (χ2v) is 7.82. The molecule has 0 atom stereocenters. The number of phenolic OH excluding ortho intramolecular Hbond substituents is 1. The molecule has 1 heterocycles. The maximum atomic E-state index is 13.1. The van der Waals surface area contributed by atoms with Gasteiger partial charge in [-0.25, -0.2) is 0 Å². The van der Waals surface area contributed by atoms with Crippen LogP contribution in [-0.2, 0) is 4.79 Å². The third kappa shape index (κ3) is 4.68. The minimum absolute atomic E-state index is 0.0831. The molecular formula is C26H27NO2. The number of hydrogen-bond donors (Lipinski definition) is 1. The number of carbonyl (C=O) groups excluding carboxylic acids is 1. The average Bonchev–Trinajstić information content (AvgIpc) is 2.79. The van der Waals surface area contributed by atoms with Crippen molar-refractivity contribution in [3.8, 4) is 5.75 Å². The molecule has 3 aromatic rings. The van der Waals surface area contributed by atoms with Crippen LogP contribution in [-0.4, -0.2) is 29.0 Å². The van der Waals surface area contributed by atoms with Gasteiger partial charge in [-0.1, -0.05) is 72.8 Å². The second kappa shape index (κ2) is 8.95. The Bertz CT molecular complexity index is 874. The van der Waals surface area contributed by atoms with Gasteiger partial charge in [0.25, 0.3) is 0 Å². The molecule has 0 spiro atoms. The van der Waals surface area contributed by atoms with Gasteiger partial charge in [0.1, 0.15) is 5.75 Å². The van der Waals surface area contributed by atoms with Crippen LogP contribution in [0.15, 0.2) is 84.9 Å². The molecule has 0 aromatic heterocycles. The summed E-state index contributed by atoms with van der Waals surface area (Å²) in [7, 11) is 0. The summed E-state index contributed by atoms with van der Waals surface area (Å²) in [6, 6.07) is 28.1. The molecule has 1 N–H and O–H groups in total. The number of piperidine rings is 1. The van der Waals surface area contributed by atoms with Crippen molar-refractivity contribution in [1.29, 1.82) is 0 Å². The summed E-state index contributed by atoms with van der Waals surface area (Å²) in [6.45, 7) is 1.58. The van der Waals surface area contributed by atoms with Crippen molar-refractivity contribution >= 4 is 5.91 Å². The van der Waals surface area contributed by atoms with Crippen LogP contribution in [0.1, 0.15) is 47.8 Å². The molecule has 4 rings (SSSR count). The molecule has 1 aliphatic rings. The smallest absolute Gasteiger partial charge is 0.223 e. The quantitative estimate of drug-likeness (QED) is 0.646. The number of hydrogen-bond acceptors (Lipinski definition) is 2. The van der Waals surface area contributed by atoms with Crippen molar-refractivity contribution in [3.05, 3.63) is 102 Å². The van der Waals surface area contributed by atoms with E-state index in [1.165, 1.54) is 16.7 Å². The zero-order chi connectivity index (χ0) is 20.1. The monoisotopic (exact) mass is 385 g/mol. The fraction of sp³-hybridized carbons (Fsp3) is 0.269. The Morgan fingerprint density at radius 1 is 0.828 bits per heavy atom. The number of aromatic hydroxyl groups is 1. The van der Waals surface area contributed by atoms with Gasteiger partial charge in [-0.05, 0) is 47.6 Å². The Morgan fingerprint density at radius 2 is 1.34 bits per heavy atom. The van der Waals surface area contributed by atoms with Crippen molar-refractivity contribution < 1.29 is 9.90 Å². The first-order valence-corrected chi connectivity index (χ1v) is 10.4. The van der Waals surface area contributed by atoms with Gasteiger partial charge in [0.05, 0.1) is 0 Å². The normalized spacial score (nSPS) is 14.9. The number of likely N-dealkylation sites (tertiary alicyclic amines) is 1. The molecule has 3 nitrogen and oxygen atoms in total. The van der Waals surface area contributed by atoms with E-state index in [-0.39, 0.29) is 11.8 Å². The van der Waals surface area contributed by atoms with E-state index in [0.717, 1.165) is 25.9 Å². The highest BCUT2D eigenvalue weighted by Crippen LogP contribution is 2.32. The molecule has 0 unspecified atom stereocenters. The second-order valence-electron chi connectivity index (χ2n) is 7.82. The van der Waals surface area contributed by atoms with Gasteiger partial charge in [0.2, 0.25) is 5.91 Å². The molecule has 1 amide bonds. The van der Waals surface area contributed by atoms with E-state index in [9.17, 15) is 9.90 Å². The summed E-state index contributed by atoms with van der Waals surface area (Å²) in [5, 5.41) is 9.49. The van der Waals surface area contributed by atoms with Gasteiger partial charge in [0.15, 0.2) is 0 Å². The van der Waals surface area contributed by atoms with Crippen LogP contribution < -0.4 is 0 Å². The lowest BCUT2D eigenvalue weighted by atomic mass is 9.86. The van der Waals surface area contributed by atoms with E-state index in [4.69, 9.17) is 0 Å². The third-order valence-electron chi connectivity index (χ3n) is 5.99. The summed E-state index contributed by atoms with van der Waals surface area (Å²) in [4.78, 5) is 15.2. The first-order valence-electron chi connectivity index (χ1n) is 10.4. The zero-order valence-electron chi connectivity index (χ0n) is 16.6. The standard InChI is InChI=1S/C26H27NO2/c28-24-13-11-20(12-14-24)21-15-17-27(18-16-21)26(29)19-25(22-7-3-1-4-8-22)23-9-5-2-6-10-23/h1-14,21,25,28H,15-19H2. The molecular weight excluding hydrogens is 358 g/mol. The van der Waals surface area contributed by atoms with Gasteiger partial charge in [-0.3, -0.25) is 4.79 Å². The van der Waals surface area contributed by atoms with E-state index in [1.54, 1.807) is 12.1 Å². The first kappa shape index (κ1) is 19.3. The minimum atomic E-state index is 0.0831. The fourth-order valence-electron chi connectivity index (χ4n) is 4.31. The highest BCUT2D eigenvalue weighted by Gasteiger charge is 2.26. The molecule has 0 radical (unpaired) electrons. The Hall–Kier alpha value is -3.07. The summed E-state index contributed by atoms with van der Waals surface area (Å²) < 4.78 is 0. The minimum Gasteiger partial charge on any atom is -0.508 e. The van der Waals surface area contributed by atoms with Crippen LogP contribution in [0.25, 0.3) is 0 Å². The van der Waals surface area contributed by atoms with Crippen LogP contribution >= 0.6 is 0 Å². The molecule has 0 saturated carbocycles. The highest BCUT2D eigenvalue weighted by atomic mass is 16.3. The number of nitrogens with zero attached hydrogens (tertiary/aromatic N) is 1. The predicted molar refractivity (Wildman–Crippen MR) is 116 cm³/mol. The average molecular weight is 386 g/mol.